The number of amides is 3. The predicted molar refractivity (Wildman–Crippen MR) is 163 cm³/mol. The van der Waals surface area contributed by atoms with Gasteiger partial charge in [0.05, 0.1) is 49.1 Å². The summed E-state index contributed by atoms with van der Waals surface area (Å²) in [5, 5.41) is 5.87. The van der Waals surface area contributed by atoms with Gasteiger partial charge in [0.2, 0.25) is 5.91 Å². The van der Waals surface area contributed by atoms with E-state index in [1.165, 1.54) is 14.2 Å². The van der Waals surface area contributed by atoms with Gasteiger partial charge in [0, 0.05) is 5.69 Å². The molecule has 0 bridgehead atoms. The van der Waals surface area contributed by atoms with Crippen molar-refractivity contribution in [3.8, 4) is 11.5 Å². The minimum atomic E-state index is -0.486. The second-order valence-electron chi connectivity index (χ2n) is 9.02. The summed E-state index contributed by atoms with van der Waals surface area (Å²) in [6.45, 7) is 0.519. The highest BCUT2D eigenvalue weighted by molar-refractivity contribution is 6.33. The number of para-hydroxylation sites is 2. The molecule has 0 saturated heterocycles. The Morgan fingerprint density at radius 1 is 0.810 bits per heavy atom. The van der Waals surface area contributed by atoms with Crippen molar-refractivity contribution in [3.05, 3.63) is 113 Å². The monoisotopic (exact) mass is 587 g/mol. The molecular weight excluding hydrogens is 558 g/mol. The fraction of sp³-hybridized carbons (Fsp3) is 0.156. The molecule has 9 nitrogen and oxygen atoms in total. The summed E-state index contributed by atoms with van der Waals surface area (Å²) in [4.78, 5) is 39.3. The van der Waals surface area contributed by atoms with Crippen LogP contribution in [0.1, 0.15) is 15.9 Å². The summed E-state index contributed by atoms with van der Waals surface area (Å²) in [6, 6.07) is 27.5. The summed E-state index contributed by atoms with van der Waals surface area (Å²) in [5.41, 5.74) is 2.76. The second-order valence-corrected chi connectivity index (χ2v) is 9.42. The zero-order valence-electron chi connectivity index (χ0n) is 23.1. The van der Waals surface area contributed by atoms with Crippen molar-refractivity contribution >= 4 is 46.6 Å². The molecule has 4 aromatic carbocycles. The van der Waals surface area contributed by atoms with E-state index >= 15 is 0 Å². The molecule has 2 N–H and O–H groups in total. The van der Waals surface area contributed by atoms with Crippen LogP contribution in [0.5, 0.6) is 11.5 Å². The molecule has 216 valence electrons. The smallest absolute Gasteiger partial charge is 0.337 e. The third-order valence-electron chi connectivity index (χ3n) is 6.22. The average molecular weight is 588 g/mol. The van der Waals surface area contributed by atoms with Crippen LogP contribution in [0, 0.1) is 0 Å². The minimum Gasteiger partial charge on any atom is -0.495 e. The summed E-state index contributed by atoms with van der Waals surface area (Å²) >= 11 is 6.13. The molecule has 0 aliphatic heterocycles. The molecule has 0 fully saturated rings. The number of carbonyl (C=O) groups excluding carboxylic acids is 3. The van der Waals surface area contributed by atoms with Crippen molar-refractivity contribution in [3.63, 3.8) is 0 Å². The molecule has 0 atom stereocenters. The summed E-state index contributed by atoms with van der Waals surface area (Å²) in [5.74, 6) is 0.391. The molecule has 4 aromatic rings. The Morgan fingerprint density at radius 3 is 2.19 bits per heavy atom. The fourth-order valence-corrected chi connectivity index (χ4v) is 4.31. The molecule has 4 rings (SSSR count). The Balaban J connectivity index is 1.41. The summed E-state index contributed by atoms with van der Waals surface area (Å²) < 4.78 is 16.1. The van der Waals surface area contributed by atoms with Crippen molar-refractivity contribution in [2.24, 2.45) is 0 Å². The average Bonchev–Trinajstić information content (AvgIpc) is 3.01. The van der Waals surface area contributed by atoms with E-state index in [-0.39, 0.29) is 18.9 Å². The first-order chi connectivity index (χ1) is 20.4. The number of nitrogens with one attached hydrogen (secondary N) is 2. The summed E-state index contributed by atoms with van der Waals surface area (Å²) in [7, 11) is 2.81. The first-order valence-corrected chi connectivity index (χ1v) is 13.4. The third kappa shape index (κ3) is 8.02. The number of carbonyl (C=O) groups is 3. The van der Waals surface area contributed by atoms with Crippen molar-refractivity contribution in [1.29, 1.82) is 0 Å². The van der Waals surface area contributed by atoms with Gasteiger partial charge in [-0.3, -0.25) is 4.79 Å². The van der Waals surface area contributed by atoms with Crippen LogP contribution in [-0.4, -0.2) is 45.3 Å². The Hall–Kier alpha value is -5.02. The van der Waals surface area contributed by atoms with E-state index in [0.29, 0.717) is 45.6 Å². The first kappa shape index (κ1) is 30.0. The first-order valence-electron chi connectivity index (χ1n) is 13.0. The molecule has 3 amide bonds. The van der Waals surface area contributed by atoms with Crippen LogP contribution in [0.3, 0.4) is 0 Å². The van der Waals surface area contributed by atoms with Gasteiger partial charge in [0.1, 0.15) is 18.1 Å². The quantitative estimate of drug-likeness (QED) is 0.196. The molecule has 10 heteroatoms. The highest BCUT2D eigenvalue weighted by atomic mass is 35.5. The maximum Gasteiger partial charge on any atom is 0.337 e. The molecule has 0 aromatic heterocycles. The lowest BCUT2D eigenvalue weighted by atomic mass is 10.1. The predicted octanol–water partition coefficient (Wildman–Crippen LogP) is 6.43. The second kappa shape index (κ2) is 14.6. The van der Waals surface area contributed by atoms with E-state index in [9.17, 15) is 14.4 Å². The number of rotatable bonds is 11. The highest BCUT2D eigenvalue weighted by Gasteiger charge is 2.18. The Bertz CT molecular complexity index is 1530. The minimum absolute atomic E-state index is 0.0885. The molecule has 0 heterocycles. The molecule has 0 aliphatic rings. The third-order valence-corrected chi connectivity index (χ3v) is 6.55. The number of anilines is 3. The number of ether oxygens (including phenoxy) is 3. The molecule has 42 heavy (non-hydrogen) atoms. The van der Waals surface area contributed by atoms with Gasteiger partial charge in [-0.1, -0.05) is 48.0 Å². The zero-order chi connectivity index (χ0) is 29.9. The maximum atomic E-state index is 13.5. The van der Waals surface area contributed by atoms with Crippen LogP contribution >= 0.6 is 11.6 Å². The van der Waals surface area contributed by atoms with Gasteiger partial charge in [-0.2, -0.15) is 0 Å². The number of esters is 1. The summed E-state index contributed by atoms with van der Waals surface area (Å²) in [6.07, 6.45) is 0.0885. The van der Waals surface area contributed by atoms with E-state index in [0.717, 1.165) is 5.69 Å². The molecule has 0 unspecified atom stereocenters. The van der Waals surface area contributed by atoms with E-state index < -0.39 is 12.0 Å². The van der Waals surface area contributed by atoms with Crippen molar-refractivity contribution in [2.45, 2.75) is 6.42 Å². The maximum absolute atomic E-state index is 13.5. The molecule has 0 aliphatic carbocycles. The van der Waals surface area contributed by atoms with Gasteiger partial charge >= 0.3 is 12.0 Å². The lowest BCUT2D eigenvalue weighted by molar-refractivity contribution is -0.118. The van der Waals surface area contributed by atoms with E-state index in [1.54, 1.807) is 71.6 Å². The van der Waals surface area contributed by atoms with Gasteiger partial charge in [0.25, 0.3) is 0 Å². The van der Waals surface area contributed by atoms with Crippen molar-refractivity contribution in [1.82, 2.24) is 0 Å². The lowest BCUT2D eigenvalue weighted by Gasteiger charge is -2.23. The number of methoxy groups -OCH3 is 2. The number of hydrogen-bond donors (Lipinski definition) is 2. The number of benzene rings is 4. The van der Waals surface area contributed by atoms with Crippen LogP contribution in [0.2, 0.25) is 5.02 Å². The number of urea groups is 1. The van der Waals surface area contributed by atoms with E-state index in [1.807, 2.05) is 30.3 Å². The van der Waals surface area contributed by atoms with Crippen molar-refractivity contribution in [2.75, 3.05) is 42.9 Å². The van der Waals surface area contributed by atoms with E-state index in [2.05, 4.69) is 10.6 Å². The lowest BCUT2D eigenvalue weighted by Crippen LogP contribution is -2.35. The number of halogens is 1. The Morgan fingerprint density at radius 2 is 1.50 bits per heavy atom. The van der Waals surface area contributed by atoms with Gasteiger partial charge in [-0.15, -0.1) is 0 Å². The highest BCUT2D eigenvalue weighted by Crippen LogP contribution is 2.27. The molecule has 0 radical (unpaired) electrons. The van der Waals surface area contributed by atoms with Gasteiger partial charge in [-0.25, -0.2) is 9.59 Å². The Kier molecular flexibility index (Phi) is 10.4. The van der Waals surface area contributed by atoms with Crippen LogP contribution in [0.4, 0.5) is 21.9 Å². The zero-order valence-corrected chi connectivity index (χ0v) is 23.9. The number of nitrogens with zero attached hydrogens (tertiary/aromatic N) is 1. The van der Waals surface area contributed by atoms with Gasteiger partial charge in [-0.05, 0) is 66.2 Å². The molecule has 0 spiro atoms. The Labute approximate surface area is 249 Å². The van der Waals surface area contributed by atoms with E-state index in [4.69, 9.17) is 25.8 Å². The van der Waals surface area contributed by atoms with Crippen LogP contribution in [0.15, 0.2) is 97.1 Å². The standard InChI is InChI=1S/C32H30ClN3O6/c1-40-29-20-22(12-17-28(29)35-32(39)34-27-11-7-6-10-26(27)33)21-30(37)36(24-8-4-3-5-9-24)18-19-42-25-15-13-23(14-16-25)31(38)41-2/h3-17,20H,18-19,21H2,1-2H3,(H2,34,35,39). The topological polar surface area (TPSA) is 106 Å². The SMILES string of the molecule is COC(=O)c1ccc(OCCN(C(=O)Cc2ccc(NC(=O)Nc3ccccc3Cl)c(OC)c2)c2ccccc2)cc1. The van der Waals surface area contributed by atoms with Crippen LogP contribution in [-0.2, 0) is 16.0 Å². The van der Waals surface area contributed by atoms with Crippen molar-refractivity contribution < 1.29 is 28.6 Å². The largest absolute Gasteiger partial charge is 0.495 e. The van der Waals surface area contributed by atoms with Gasteiger partial charge in [0.15, 0.2) is 0 Å². The molecule has 0 saturated carbocycles. The fourth-order valence-electron chi connectivity index (χ4n) is 4.12. The van der Waals surface area contributed by atoms with Gasteiger partial charge < -0.3 is 29.7 Å². The van der Waals surface area contributed by atoms with Crippen LogP contribution < -0.4 is 25.0 Å². The van der Waals surface area contributed by atoms with Crippen LogP contribution in [0.25, 0.3) is 0 Å². The normalized spacial score (nSPS) is 10.4. The number of hydrogen-bond acceptors (Lipinski definition) is 6. The molecular formula is C32H30ClN3O6.